The molecule has 0 radical (unpaired) electrons. The fourth-order valence-electron chi connectivity index (χ4n) is 8.05. The molecule has 4 saturated carbocycles. The largest absolute Gasteiger partial charge is 0.462 e. The molecule has 42 heavy (non-hydrogen) atoms. The van der Waals surface area contributed by atoms with Crippen LogP contribution in [0.2, 0.25) is 0 Å². The number of aliphatic hydroxyl groups is 1. The molecule has 0 aliphatic heterocycles. The van der Waals surface area contributed by atoms with Crippen molar-refractivity contribution in [2.24, 2.45) is 22.7 Å². The maximum atomic E-state index is 13.1. The summed E-state index contributed by atoms with van der Waals surface area (Å²) < 4.78 is 89.7. The third kappa shape index (κ3) is 6.60. The number of esters is 2. The van der Waals surface area contributed by atoms with Gasteiger partial charge in [-0.25, -0.2) is 0 Å². The molecule has 0 heterocycles. The summed E-state index contributed by atoms with van der Waals surface area (Å²) in [6, 6.07) is 0. The lowest BCUT2D eigenvalue weighted by Gasteiger charge is -2.45. The SMILES string of the molecule is CC(=O)O[C@@H]1CC(=C/C=C2\CCC[C@]3(C)[C@@H](C4(C/C=C/C(O)(C(F)(F)F)C(F)(F)F)CC4)CC[C@@H]23)C[C@@H](OC(C)=O)C1. The average Bonchev–Trinajstić information content (AvgIpc) is 3.52. The Morgan fingerprint density at radius 1 is 0.929 bits per heavy atom. The standard InChI is InChI=1S/C31H40F6O5/c1-19(38)41-23-16-21(17-24(18-23)42-20(2)39)7-8-22-6-4-11-27(3)25(22)9-10-26(27)28(14-15-28)12-5-13-29(40,30(32,33)34)31(35,36)37/h5,7-8,13,23-26,40H,4,6,9-12,14-18H2,1-3H3/b13-5+,22-8+/t23-,24-,25+,26+,27+/m1/s1. The average molecular weight is 607 g/mol. The number of carbonyl (C=O) groups is 2. The van der Waals surface area contributed by atoms with Crippen LogP contribution in [0.3, 0.4) is 0 Å². The van der Waals surface area contributed by atoms with Gasteiger partial charge in [-0.2, -0.15) is 26.3 Å². The van der Waals surface area contributed by atoms with Gasteiger partial charge in [0.2, 0.25) is 0 Å². The summed E-state index contributed by atoms with van der Waals surface area (Å²) in [5.74, 6) is -0.399. The van der Waals surface area contributed by atoms with Crippen LogP contribution < -0.4 is 0 Å². The number of hydrogen-bond acceptors (Lipinski definition) is 5. The molecule has 4 aliphatic carbocycles. The van der Waals surface area contributed by atoms with Crippen molar-refractivity contribution in [2.75, 3.05) is 0 Å². The van der Waals surface area contributed by atoms with Gasteiger partial charge in [-0.1, -0.05) is 36.3 Å². The summed E-state index contributed by atoms with van der Waals surface area (Å²) in [6.45, 7) is 4.89. The molecule has 0 saturated heterocycles. The van der Waals surface area contributed by atoms with Crippen molar-refractivity contribution in [1.29, 1.82) is 0 Å². The van der Waals surface area contributed by atoms with Gasteiger partial charge in [0.15, 0.2) is 0 Å². The van der Waals surface area contributed by atoms with Crippen LogP contribution in [0.5, 0.6) is 0 Å². The number of halogens is 6. The first-order valence-electron chi connectivity index (χ1n) is 14.7. The Morgan fingerprint density at radius 2 is 1.50 bits per heavy atom. The Bertz CT molecular complexity index is 1090. The Labute approximate surface area is 242 Å². The summed E-state index contributed by atoms with van der Waals surface area (Å²) in [6.07, 6.45) is -0.0200. The molecular formula is C31H40F6O5. The fraction of sp³-hybridized carbons (Fsp3) is 0.742. The van der Waals surface area contributed by atoms with Gasteiger partial charge in [-0.05, 0) is 80.1 Å². The topological polar surface area (TPSA) is 72.8 Å². The predicted octanol–water partition coefficient (Wildman–Crippen LogP) is 7.69. The molecule has 5 atom stereocenters. The van der Waals surface area contributed by atoms with Crippen molar-refractivity contribution in [1.82, 2.24) is 0 Å². The molecule has 5 nitrogen and oxygen atoms in total. The van der Waals surface area contributed by atoms with Crippen LogP contribution in [0.15, 0.2) is 35.5 Å². The summed E-state index contributed by atoms with van der Waals surface area (Å²) in [7, 11) is 0. The highest BCUT2D eigenvalue weighted by molar-refractivity contribution is 5.67. The molecule has 4 aliphatic rings. The van der Waals surface area contributed by atoms with Crippen LogP contribution in [-0.2, 0) is 19.1 Å². The van der Waals surface area contributed by atoms with Crippen LogP contribution in [0, 0.1) is 22.7 Å². The quantitative estimate of drug-likeness (QED) is 0.183. The lowest BCUT2D eigenvalue weighted by atomic mass is 9.59. The van der Waals surface area contributed by atoms with Crippen molar-refractivity contribution < 1.29 is 50.5 Å². The highest BCUT2D eigenvalue weighted by Gasteiger charge is 2.69. The zero-order valence-corrected chi connectivity index (χ0v) is 24.2. The third-order valence-electron chi connectivity index (χ3n) is 10.0. The molecule has 4 fully saturated rings. The van der Waals surface area contributed by atoms with E-state index >= 15 is 0 Å². The number of carbonyl (C=O) groups excluding carboxylic acids is 2. The van der Waals surface area contributed by atoms with Gasteiger partial charge in [0.1, 0.15) is 12.2 Å². The highest BCUT2D eigenvalue weighted by Crippen LogP contribution is 2.70. The van der Waals surface area contributed by atoms with Gasteiger partial charge in [0, 0.05) is 33.1 Å². The van der Waals surface area contributed by atoms with Crippen LogP contribution in [-0.4, -0.2) is 47.2 Å². The Hall–Kier alpha value is -2.30. The van der Waals surface area contributed by atoms with E-state index in [9.17, 15) is 41.0 Å². The zero-order chi connectivity index (χ0) is 31.1. The van der Waals surface area contributed by atoms with Crippen molar-refractivity contribution in [3.8, 4) is 0 Å². The maximum Gasteiger partial charge on any atom is 0.429 e. The minimum Gasteiger partial charge on any atom is -0.462 e. The number of hydrogen-bond donors (Lipinski definition) is 1. The van der Waals surface area contributed by atoms with Gasteiger partial charge in [-0.15, -0.1) is 0 Å². The molecule has 236 valence electrons. The Morgan fingerprint density at radius 3 is 2.00 bits per heavy atom. The second-order valence-electron chi connectivity index (χ2n) is 12.9. The molecular weight excluding hydrogens is 566 g/mol. The van der Waals surface area contributed by atoms with Crippen LogP contribution >= 0.6 is 0 Å². The van der Waals surface area contributed by atoms with E-state index in [1.165, 1.54) is 19.4 Å². The van der Waals surface area contributed by atoms with Crippen LogP contribution in [0.1, 0.15) is 91.4 Å². The van der Waals surface area contributed by atoms with Gasteiger partial charge in [0.05, 0.1) is 0 Å². The first-order valence-corrected chi connectivity index (χ1v) is 14.7. The first-order chi connectivity index (χ1) is 19.4. The molecule has 0 unspecified atom stereocenters. The van der Waals surface area contributed by atoms with E-state index in [2.05, 4.69) is 13.0 Å². The van der Waals surface area contributed by atoms with Crippen molar-refractivity contribution in [2.45, 2.75) is 122 Å². The van der Waals surface area contributed by atoms with Gasteiger partial charge >= 0.3 is 24.3 Å². The number of alkyl halides is 6. The molecule has 1 N–H and O–H groups in total. The zero-order valence-electron chi connectivity index (χ0n) is 24.2. The van der Waals surface area contributed by atoms with Gasteiger partial charge < -0.3 is 14.6 Å². The number of fused-ring (bicyclic) bond motifs is 1. The minimum absolute atomic E-state index is 0.0621. The van der Waals surface area contributed by atoms with E-state index in [4.69, 9.17) is 9.47 Å². The molecule has 0 aromatic carbocycles. The van der Waals surface area contributed by atoms with Gasteiger partial charge in [0.25, 0.3) is 5.60 Å². The second-order valence-corrected chi connectivity index (χ2v) is 12.9. The normalized spacial score (nSPS) is 32.5. The van der Waals surface area contributed by atoms with E-state index in [0.717, 1.165) is 56.6 Å². The molecule has 0 spiro atoms. The minimum atomic E-state index is -5.87. The van der Waals surface area contributed by atoms with E-state index in [-0.39, 0.29) is 47.4 Å². The molecule has 0 aromatic heterocycles. The summed E-state index contributed by atoms with van der Waals surface area (Å²) in [5, 5.41) is 9.53. The van der Waals surface area contributed by atoms with E-state index in [1.54, 1.807) is 0 Å². The van der Waals surface area contributed by atoms with Crippen molar-refractivity contribution in [3.63, 3.8) is 0 Å². The third-order valence-corrected chi connectivity index (χ3v) is 10.0. The molecule has 11 heteroatoms. The van der Waals surface area contributed by atoms with Gasteiger partial charge in [-0.3, -0.25) is 9.59 Å². The Balaban J connectivity index is 1.50. The first kappa shape index (κ1) is 32.6. The number of ether oxygens (including phenoxy) is 2. The summed E-state index contributed by atoms with van der Waals surface area (Å²) >= 11 is 0. The lowest BCUT2D eigenvalue weighted by Crippen LogP contribution is -2.55. The predicted molar refractivity (Wildman–Crippen MR) is 142 cm³/mol. The summed E-state index contributed by atoms with van der Waals surface area (Å²) in [4.78, 5) is 23.1. The van der Waals surface area contributed by atoms with Crippen molar-refractivity contribution >= 4 is 11.9 Å². The highest BCUT2D eigenvalue weighted by atomic mass is 19.4. The maximum absolute atomic E-state index is 13.1. The van der Waals surface area contributed by atoms with E-state index < -0.39 is 29.9 Å². The number of allylic oxidation sites excluding steroid dienone is 4. The molecule has 0 amide bonds. The van der Waals surface area contributed by atoms with Crippen LogP contribution in [0.25, 0.3) is 0 Å². The summed E-state index contributed by atoms with van der Waals surface area (Å²) in [5.41, 5.74) is -3.08. The van der Waals surface area contributed by atoms with Crippen molar-refractivity contribution in [3.05, 3.63) is 35.5 Å². The number of rotatable bonds is 7. The van der Waals surface area contributed by atoms with E-state index in [1.807, 2.05) is 6.08 Å². The molecule has 4 rings (SSSR count). The second kappa shape index (κ2) is 11.7. The molecule has 0 bridgehead atoms. The van der Waals surface area contributed by atoms with E-state index in [0.29, 0.717) is 19.3 Å². The fourth-order valence-corrected chi connectivity index (χ4v) is 8.05. The van der Waals surface area contributed by atoms with Crippen LogP contribution in [0.4, 0.5) is 26.3 Å². The lowest BCUT2D eigenvalue weighted by molar-refractivity contribution is -0.347. The molecule has 0 aromatic rings. The monoisotopic (exact) mass is 606 g/mol. The Kier molecular flexibility index (Phi) is 9.05. The smallest absolute Gasteiger partial charge is 0.429 e.